The summed E-state index contributed by atoms with van der Waals surface area (Å²) in [5, 5.41) is 2.59. The maximum Gasteiger partial charge on any atom is 0.407 e. The summed E-state index contributed by atoms with van der Waals surface area (Å²) in [6, 6.07) is 0. The van der Waals surface area contributed by atoms with Gasteiger partial charge in [0.25, 0.3) is 0 Å². The molecule has 0 bridgehead atoms. The minimum absolute atomic E-state index is 0. The van der Waals surface area contributed by atoms with Crippen molar-refractivity contribution in [3.8, 4) is 12.3 Å². The fraction of sp³-hybridized carbons (Fsp3) is 0.643. The molecule has 0 unspecified atom stereocenters. The van der Waals surface area contributed by atoms with Crippen molar-refractivity contribution in [2.24, 2.45) is 0 Å². The number of terminal acetylenes is 1. The highest BCUT2D eigenvalue weighted by atomic mass is 35.5. The maximum atomic E-state index is 11.3. The third-order valence-corrected chi connectivity index (χ3v) is 3.56. The Balaban J connectivity index is 0.00000324. The van der Waals surface area contributed by atoms with Crippen LogP contribution in [0.3, 0.4) is 0 Å². The summed E-state index contributed by atoms with van der Waals surface area (Å²) < 4.78 is 5.24. The molecule has 0 atom stereocenters. The second kappa shape index (κ2) is 8.08. The van der Waals surface area contributed by atoms with Crippen molar-refractivity contribution in [3.63, 3.8) is 0 Å². The van der Waals surface area contributed by atoms with Crippen LogP contribution in [0.5, 0.6) is 0 Å². The molecule has 0 aliphatic carbocycles. The van der Waals surface area contributed by atoms with Crippen LogP contribution < -0.4 is 5.32 Å². The summed E-state index contributed by atoms with van der Waals surface area (Å²) in [6.07, 6.45) is 8.62. The highest BCUT2D eigenvalue weighted by Gasteiger charge is 2.41. The first-order chi connectivity index (χ1) is 8.61. The first-order valence-corrected chi connectivity index (χ1v) is 6.40. The molecule has 0 saturated carbocycles. The number of nitrogens with one attached hydrogen (secondary N) is 1. The highest BCUT2D eigenvalue weighted by molar-refractivity contribution is 5.85. The van der Waals surface area contributed by atoms with Crippen molar-refractivity contribution in [3.05, 3.63) is 12.7 Å². The highest BCUT2D eigenvalue weighted by Crippen LogP contribution is 2.29. The van der Waals surface area contributed by atoms with Crippen molar-refractivity contribution in [2.75, 3.05) is 19.6 Å². The van der Waals surface area contributed by atoms with Gasteiger partial charge in [-0.25, -0.2) is 4.79 Å². The van der Waals surface area contributed by atoms with E-state index in [0.717, 1.165) is 12.8 Å². The topological polar surface area (TPSA) is 41.6 Å². The van der Waals surface area contributed by atoms with E-state index in [-0.39, 0.29) is 30.1 Å². The molecule has 1 N–H and O–H groups in total. The molecule has 1 aliphatic heterocycles. The fourth-order valence-corrected chi connectivity index (χ4v) is 2.20. The molecule has 0 aromatic rings. The Kier molecular flexibility index (Phi) is 7.58. The zero-order valence-electron chi connectivity index (χ0n) is 11.6. The van der Waals surface area contributed by atoms with Gasteiger partial charge in [-0.05, 0) is 12.8 Å². The van der Waals surface area contributed by atoms with Crippen LogP contribution in [-0.2, 0) is 4.74 Å². The molecule has 1 rings (SSSR count). The molecule has 0 spiro atoms. The number of hydrogen-bond acceptors (Lipinski definition) is 3. The second-order valence-electron chi connectivity index (χ2n) is 4.48. The molecule has 1 aliphatic rings. The van der Waals surface area contributed by atoms with Crippen molar-refractivity contribution in [1.82, 2.24) is 10.2 Å². The van der Waals surface area contributed by atoms with E-state index < -0.39 is 0 Å². The molecule has 0 aromatic heterocycles. The van der Waals surface area contributed by atoms with E-state index in [1.165, 1.54) is 0 Å². The molecule has 4 nitrogen and oxygen atoms in total. The number of ether oxygens (including phenoxy) is 1. The van der Waals surface area contributed by atoms with Gasteiger partial charge < -0.3 is 10.1 Å². The van der Waals surface area contributed by atoms with E-state index in [0.29, 0.717) is 19.6 Å². The van der Waals surface area contributed by atoms with Gasteiger partial charge in [0.2, 0.25) is 0 Å². The first kappa shape index (κ1) is 17.8. The Bertz CT molecular complexity index is 342. The lowest BCUT2D eigenvalue weighted by Crippen LogP contribution is -2.62. The van der Waals surface area contributed by atoms with Gasteiger partial charge in [0.05, 0.1) is 5.54 Å². The van der Waals surface area contributed by atoms with Crippen molar-refractivity contribution in [1.29, 1.82) is 0 Å². The molecular weight excluding hydrogens is 264 g/mol. The van der Waals surface area contributed by atoms with Crippen LogP contribution in [0.15, 0.2) is 12.7 Å². The lowest BCUT2D eigenvalue weighted by molar-refractivity contribution is -0.0564. The molecule has 1 saturated heterocycles. The van der Waals surface area contributed by atoms with Crippen molar-refractivity contribution in [2.45, 2.75) is 38.3 Å². The van der Waals surface area contributed by atoms with E-state index in [9.17, 15) is 4.79 Å². The monoisotopic (exact) mass is 286 g/mol. The van der Waals surface area contributed by atoms with Gasteiger partial charge in [-0.1, -0.05) is 25.8 Å². The summed E-state index contributed by atoms with van der Waals surface area (Å²) in [4.78, 5) is 13.5. The van der Waals surface area contributed by atoms with Crippen LogP contribution in [0.2, 0.25) is 0 Å². The summed E-state index contributed by atoms with van der Waals surface area (Å²) >= 11 is 0. The summed E-state index contributed by atoms with van der Waals surface area (Å²) in [6.45, 7) is 9.56. The van der Waals surface area contributed by atoms with Gasteiger partial charge in [-0.15, -0.1) is 25.4 Å². The standard InChI is InChI=1S/C14H22N2O2.ClH/c1-5-9-15-13(17)18-12-10-16(11-12)14(6-2,7-3)8-4;/h2,5,12H,1,7-11H2,3-4H3,(H,15,17);1H. The Labute approximate surface area is 122 Å². The van der Waals surface area contributed by atoms with Crippen LogP contribution in [0.4, 0.5) is 4.79 Å². The normalized spacial score (nSPS) is 15.6. The van der Waals surface area contributed by atoms with Crippen LogP contribution in [0.1, 0.15) is 26.7 Å². The number of alkyl carbamates (subject to hydrolysis) is 1. The third-order valence-electron chi connectivity index (χ3n) is 3.56. The lowest BCUT2D eigenvalue weighted by atomic mass is 9.88. The fourth-order valence-electron chi connectivity index (χ4n) is 2.20. The number of amides is 1. The average molecular weight is 287 g/mol. The van der Waals surface area contributed by atoms with Gasteiger partial charge in [0.15, 0.2) is 0 Å². The maximum absolute atomic E-state index is 11.3. The Morgan fingerprint density at radius 3 is 2.58 bits per heavy atom. The smallest absolute Gasteiger partial charge is 0.407 e. The molecule has 1 fully saturated rings. The van der Waals surface area contributed by atoms with Gasteiger partial charge in [-0.2, -0.15) is 0 Å². The number of nitrogens with zero attached hydrogens (tertiary/aromatic N) is 1. The van der Waals surface area contributed by atoms with Crippen LogP contribution in [0.25, 0.3) is 0 Å². The lowest BCUT2D eigenvalue weighted by Gasteiger charge is -2.48. The van der Waals surface area contributed by atoms with Crippen molar-refractivity contribution < 1.29 is 9.53 Å². The SMILES string of the molecule is C#CC(CC)(CC)N1CC(OC(=O)NCC=C)C1.Cl. The Morgan fingerprint density at radius 2 is 2.16 bits per heavy atom. The van der Waals surface area contributed by atoms with E-state index >= 15 is 0 Å². The zero-order valence-corrected chi connectivity index (χ0v) is 12.5. The minimum Gasteiger partial charge on any atom is -0.444 e. The largest absolute Gasteiger partial charge is 0.444 e. The molecule has 1 heterocycles. The van der Waals surface area contributed by atoms with Gasteiger partial charge in [-0.3, -0.25) is 4.90 Å². The average Bonchev–Trinajstić information content (AvgIpc) is 2.35. The molecule has 108 valence electrons. The van der Waals surface area contributed by atoms with E-state index in [4.69, 9.17) is 11.2 Å². The van der Waals surface area contributed by atoms with E-state index in [2.05, 4.69) is 36.6 Å². The summed E-state index contributed by atoms with van der Waals surface area (Å²) in [5.41, 5.74) is -0.183. The molecule has 19 heavy (non-hydrogen) atoms. The third kappa shape index (κ3) is 4.15. The second-order valence-corrected chi connectivity index (χ2v) is 4.48. The molecule has 1 amide bonds. The Hall–Kier alpha value is -1.18. The number of rotatable bonds is 6. The Morgan fingerprint density at radius 1 is 1.58 bits per heavy atom. The van der Waals surface area contributed by atoms with E-state index in [1.807, 2.05) is 0 Å². The van der Waals surface area contributed by atoms with Gasteiger partial charge in [0.1, 0.15) is 6.10 Å². The molecule has 0 aromatic carbocycles. The summed E-state index contributed by atoms with van der Waals surface area (Å²) in [5.74, 6) is 2.88. The molecular formula is C14H23ClN2O2. The predicted octanol–water partition coefficient (Wildman–Crippen LogP) is 2.20. The van der Waals surface area contributed by atoms with Gasteiger partial charge in [0, 0.05) is 19.6 Å². The van der Waals surface area contributed by atoms with Crippen molar-refractivity contribution >= 4 is 18.5 Å². The zero-order chi connectivity index (χ0) is 13.6. The minimum atomic E-state index is -0.390. The molecule has 0 radical (unpaired) electrons. The van der Waals surface area contributed by atoms with Crippen LogP contribution >= 0.6 is 12.4 Å². The first-order valence-electron chi connectivity index (χ1n) is 6.40. The summed E-state index contributed by atoms with van der Waals surface area (Å²) in [7, 11) is 0. The van der Waals surface area contributed by atoms with Gasteiger partial charge >= 0.3 is 6.09 Å². The quantitative estimate of drug-likeness (QED) is 0.601. The number of hydrogen-bond donors (Lipinski definition) is 1. The van der Waals surface area contributed by atoms with Crippen LogP contribution in [0, 0.1) is 12.3 Å². The number of halogens is 1. The number of carbonyl (C=O) groups excluding carboxylic acids is 1. The van der Waals surface area contributed by atoms with Crippen LogP contribution in [-0.4, -0.2) is 42.3 Å². The number of carbonyl (C=O) groups is 1. The predicted molar refractivity (Wildman–Crippen MR) is 79.4 cm³/mol. The number of likely N-dealkylation sites (tertiary alicyclic amines) is 1. The van der Waals surface area contributed by atoms with E-state index in [1.54, 1.807) is 6.08 Å². The molecule has 5 heteroatoms.